The van der Waals surface area contributed by atoms with Crippen LogP contribution in [-0.4, -0.2) is 70.1 Å². The molecule has 1 heterocycles. The molecule has 22 heavy (non-hydrogen) atoms. The molecule has 2 unspecified atom stereocenters. The molecule has 0 aromatic carbocycles. The van der Waals surface area contributed by atoms with Crippen molar-refractivity contribution in [3.63, 3.8) is 0 Å². The molecular formula is C15H32N4O2S. The van der Waals surface area contributed by atoms with Crippen LogP contribution < -0.4 is 10.6 Å². The number of nitrogens with one attached hydrogen (secondary N) is 2. The summed E-state index contributed by atoms with van der Waals surface area (Å²) in [7, 11) is -2.91. The molecule has 0 aliphatic carbocycles. The van der Waals surface area contributed by atoms with Crippen molar-refractivity contribution >= 4 is 15.8 Å². The maximum Gasteiger partial charge on any atom is 0.191 e. The topological polar surface area (TPSA) is 73.8 Å². The number of guanidine groups is 1. The molecule has 6 nitrogen and oxygen atoms in total. The first-order valence-electron chi connectivity index (χ1n) is 8.29. The fourth-order valence-electron chi connectivity index (χ4n) is 2.59. The third kappa shape index (κ3) is 7.98. The van der Waals surface area contributed by atoms with Crippen molar-refractivity contribution in [2.45, 2.75) is 39.7 Å². The first kappa shape index (κ1) is 19.2. The van der Waals surface area contributed by atoms with Crippen LogP contribution in [0.15, 0.2) is 4.99 Å². The van der Waals surface area contributed by atoms with E-state index in [-0.39, 0.29) is 11.8 Å². The lowest BCUT2D eigenvalue weighted by atomic mass is 10.1. The van der Waals surface area contributed by atoms with Crippen molar-refractivity contribution in [3.8, 4) is 0 Å². The number of likely N-dealkylation sites (tertiary alicyclic amines) is 1. The van der Waals surface area contributed by atoms with Gasteiger partial charge in [0.2, 0.25) is 0 Å². The van der Waals surface area contributed by atoms with Gasteiger partial charge in [0.05, 0.1) is 5.75 Å². The van der Waals surface area contributed by atoms with Crippen LogP contribution in [0.25, 0.3) is 0 Å². The summed E-state index contributed by atoms with van der Waals surface area (Å²) >= 11 is 0. The van der Waals surface area contributed by atoms with Crippen molar-refractivity contribution in [3.05, 3.63) is 0 Å². The predicted molar refractivity (Wildman–Crippen MR) is 93.1 cm³/mol. The fraction of sp³-hybridized carbons (Fsp3) is 0.933. The molecular weight excluding hydrogens is 300 g/mol. The van der Waals surface area contributed by atoms with Crippen molar-refractivity contribution in [2.24, 2.45) is 10.9 Å². The molecule has 130 valence electrons. The van der Waals surface area contributed by atoms with E-state index in [2.05, 4.69) is 27.4 Å². The van der Waals surface area contributed by atoms with E-state index in [1.165, 1.54) is 19.2 Å². The Balaban J connectivity index is 2.44. The van der Waals surface area contributed by atoms with Gasteiger partial charge in [-0.1, -0.05) is 6.92 Å². The van der Waals surface area contributed by atoms with E-state index in [0.717, 1.165) is 32.1 Å². The lowest BCUT2D eigenvalue weighted by Gasteiger charge is -2.18. The Kier molecular flexibility index (Phi) is 8.17. The van der Waals surface area contributed by atoms with Crippen LogP contribution in [0.2, 0.25) is 0 Å². The third-order valence-corrected chi connectivity index (χ3v) is 4.95. The standard InChI is InChI=1S/C15H32N4O2S/c1-5-16-15(18-13(3)8-10-22(4,20)21)17-11-14-7-9-19(6-2)12-14/h13-14H,5-12H2,1-4H3,(H2,16,17,18). The van der Waals surface area contributed by atoms with E-state index in [4.69, 9.17) is 0 Å². The highest BCUT2D eigenvalue weighted by molar-refractivity contribution is 7.90. The summed E-state index contributed by atoms with van der Waals surface area (Å²) in [6.07, 6.45) is 3.08. The second kappa shape index (κ2) is 9.35. The molecule has 0 bridgehead atoms. The average Bonchev–Trinajstić information content (AvgIpc) is 2.90. The van der Waals surface area contributed by atoms with Crippen molar-refractivity contribution < 1.29 is 8.42 Å². The lowest BCUT2D eigenvalue weighted by Crippen LogP contribution is -2.43. The summed E-state index contributed by atoms with van der Waals surface area (Å²) in [5.41, 5.74) is 0. The highest BCUT2D eigenvalue weighted by Crippen LogP contribution is 2.15. The van der Waals surface area contributed by atoms with E-state index in [1.807, 2.05) is 13.8 Å². The molecule has 2 N–H and O–H groups in total. The van der Waals surface area contributed by atoms with Crippen LogP contribution in [0.5, 0.6) is 0 Å². The number of hydrogen-bond acceptors (Lipinski definition) is 4. The Morgan fingerprint density at radius 3 is 2.68 bits per heavy atom. The number of aliphatic imine (C=N–C) groups is 1. The molecule has 0 radical (unpaired) electrons. The maximum atomic E-state index is 11.2. The third-order valence-electron chi connectivity index (χ3n) is 3.97. The SMILES string of the molecule is CCNC(=NCC1CCN(CC)C1)NC(C)CCS(C)(=O)=O. The van der Waals surface area contributed by atoms with Gasteiger partial charge in [0.1, 0.15) is 9.84 Å². The predicted octanol–water partition coefficient (Wildman–Crippen LogP) is 0.707. The Hall–Kier alpha value is -0.820. The lowest BCUT2D eigenvalue weighted by molar-refractivity contribution is 0.343. The molecule has 0 amide bonds. The van der Waals surface area contributed by atoms with Crippen molar-refractivity contribution in [2.75, 3.05) is 44.7 Å². The maximum absolute atomic E-state index is 11.2. The molecule has 0 saturated carbocycles. The number of rotatable bonds is 8. The zero-order chi connectivity index (χ0) is 16.6. The molecule has 0 aromatic heterocycles. The Labute approximate surface area is 135 Å². The van der Waals surface area contributed by atoms with Gasteiger partial charge in [-0.3, -0.25) is 4.99 Å². The van der Waals surface area contributed by atoms with Gasteiger partial charge in [-0.25, -0.2) is 8.42 Å². The Morgan fingerprint density at radius 2 is 2.14 bits per heavy atom. The first-order valence-corrected chi connectivity index (χ1v) is 10.3. The Bertz CT molecular complexity index is 450. The minimum Gasteiger partial charge on any atom is -0.357 e. The minimum absolute atomic E-state index is 0.0863. The normalized spacial score (nSPS) is 21.8. The highest BCUT2D eigenvalue weighted by atomic mass is 32.2. The number of hydrogen-bond donors (Lipinski definition) is 2. The first-order chi connectivity index (χ1) is 10.3. The monoisotopic (exact) mass is 332 g/mol. The number of sulfone groups is 1. The largest absolute Gasteiger partial charge is 0.357 e. The van der Waals surface area contributed by atoms with E-state index in [0.29, 0.717) is 12.3 Å². The van der Waals surface area contributed by atoms with Crippen LogP contribution >= 0.6 is 0 Å². The fourth-order valence-corrected chi connectivity index (χ4v) is 3.37. The second-order valence-corrected chi connectivity index (χ2v) is 8.49. The molecule has 0 aromatic rings. The summed E-state index contributed by atoms with van der Waals surface area (Å²) in [6, 6.07) is 0.0863. The number of nitrogens with zero attached hydrogens (tertiary/aromatic N) is 2. The van der Waals surface area contributed by atoms with Crippen LogP contribution in [0.3, 0.4) is 0 Å². The second-order valence-electron chi connectivity index (χ2n) is 6.23. The van der Waals surface area contributed by atoms with Gasteiger partial charge in [0.25, 0.3) is 0 Å². The summed E-state index contributed by atoms with van der Waals surface area (Å²) in [5, 5.41) is 6.54. The van der Waals surface area contributed by atoms with Crippen LogP contribution in [-0.2, 0) is 9.84 Å². The van der Waals surface area contributed by atoms with Gasteiger partial charge >= 0.3 is 0 Å². The van der Waals surface area contributed by atoms with E-state index in [9.17, 15) is 8.42 Å². The van der Waals surface area contributed by atoms with E-state index < -0.39 is 9.84 Å². The van der Waals surface area contributed by atoms with Gasteiger partial charge in [0.15, 0.2) is 5.96 Å². The molecule has 7 heteroatoms. The van der Waals surface area contributed by atoms with Gasteiger partial charge in [-0.2, -0.15) is 0 Å². The molecule has 1 saturated heterocycles. The molecule has 0 spiro atoms. The van der Waals surface area contributed by atoms with E-state index in [1.54, 1.807) is 0 Å². The van der Waals surface area contributed by atoms with Crippen LogP contribution in [0, 0.1) is 5.92 Å². The van der Waals surface area contributed by atoms with Gasteiger partial charge in [-0.15, -0.1) is 0 Å². The van der Waals surface area contributed by atoms with Gasteiger partial charge in [-0.05, 0) is 45.7 Å². The molecule has 1 rings (SSSR count). The summed E-state index contributed by atoms with van der Waals surface area (Å²) in [4.78, 5) is 7.12. The quantitative estimate of drug-likeness (QED) is 0.506. The average molecular weight is 333 g/mol. The smallest absolute Gasteiger partial charge is 0.191 e. The summed E-state index contributed by atoms with van der Waals surface area (Å²) in [6.45, 7) is 11.3. The molecule has 2 atom stereocenters. The zero-order valence-electron chi connectivity index (χ0n) is 14.4. The summed E-state index contributed by atoms with van der Waals surface area (Å²) < 4.78 is 22.5. The van der Waals surface area contributed by atoms with Gasteiger partial charge < -0.3 is 15.5 Å². The molecule has 1 fully saturated rings. The van der Waals surface area contributed by atoms with Gasteiger partial charge in [0, 0.05) is 31.9 Å². The van der Waals surface area contributed by atoms with Crippen molar-refractivity contribution in [1.29, 1.82) is 0 Å². The molecule has 1 aliphatic rings. The van der Waals surface area contributed by atoms with E-state index >= 15 is 0 Å². The minimum atomic E-state index is -2.91. The van der Waals surface area contributed by atoms with Crippen LogP contribution in [0.1, 0.15) is 33.6 Å². The summed E-state index contributed by atoms with van der Waals surface area (Å²) in [5.74, 6) is 1.62. The zero-order valence-corrected chi connectivity index (χ0v) is 15.2. The Morgan fingerprint density at radius 1 is 1.41 bits per heavy atom. The van der Waals surface area contributed by atoms with Crippen LogP contribution in [0.4, 0.5) is 0 Å². The highest BCUT2D eigenvalue weighted by Gasteiger charge is 2.20. The molecule has 1 aliphatic heterocycles. The van der Waals surface area contributed by atoms with Crippen molar-refractivity contribution in [1.82, 2.24) is 15.5 Å².